The number of nitrogens with zero attached hydrogens (tertiary/aromatic N) is 4. The van der Waals surface area contributed by atoms with E-state index in [1.165, 1.54) is 6.07 Å². The number of nitro benzene ring substituents is 1. The van der Waals surface area contributed by atoms with Gasteiger partial charge in [0.05, 0.1) is 23.1 Å². The van der Waals surface area contributed by atoms with Crippen molar-refractivity contribution in [2.45, 2.75) is 26.4 Å². The molecule has 3 heterocycles. The van der Waals surface area contributed by atoms with Gasteiger partial charge in [-0.2, -0.15) is 4.98 Å². The van der Waals surface area contributed by atoms with Crippen molar-refractivity contribution in [3.63, 3.8) is 0 Å². The molecule has 1 N–H and O–H groups in total. The average molecular weight is 419 g/mol. The van der Waals surface area contributed by atoms with Crippen LogP contribution in [0.3, 0.4) is 0 Å². The highest BCUT2D eigenvalue weighted by atomic mass is 16.6. The van der Waals surface area contributed by atoms with Crippen molar-refractivity contribution in [2.75, 3.05) is 0 Å². The highest BCUT2D eigenvalue weighted by molar-refractivity contribution is 5.69. The number of hydrogen-bond acceptors (Lipinski definition) is 8. The molecule has 0 saturated carbocycles. The number of pyridine rings is 1. The molecule has 0 aliphatic rings. The SMILES string of the molecule is CC(C)C(NCc1ccc(-c2ccccc2[N+](=O)[O-])o1)c1nc(-c2ccncc2)no1. The third-order valence-electron chi connectivity index (χ3n) is 4.84. The summed E-state index contributed by atoms with van der Waals surface area (Å²) in [6, 6.07) is 13.5. The fourth-order valence-electron chi connectivity index (χ4n) is 3.26. The Balaban J connectivity index is 1.49. The number of para-hydroxylation sites is 1. The second-order valence-electron chi connectivity index (χ2n) is 7.33. The van der Waals surface area contributed by atoms with Gasteiger partial charge in [-0.15, -0.1) is 0 Å². The lowest BCUT2D eigenvalue weighted by molar-refractivity contribution is -0.384. The number of nitro groups is 1. The van der Waals surface area contributed by atoms with Crippen LogP contribution in [-0.4, -0.2) is 20.0 Å². The molecule has 0 spiro atoms. The normalized spacial score (nSPS) is 12.2. The van der Waals surface area contributed by atoms with E-state index in [-0.39, 0.29) is 17.6 Å². The first-order chi connectivity index (χ1) is 15.0. The second kappa shape index (κ2) is 8.88. The van der Waals surface area contributed by atoms with E-state index in [1.54, 1.807) is 42.7 Å². The summed E-state index contributed by atoms with van der Waals surface area (Å²) in [6.07, 6.45) is 3.35. The van der Waals surface area contributed by atoms with E-state index in [4.69, 9.17) is 8.94 Å². The van der Waals surface area contributed by atoms with Crippen molar-refractivity contribution in [1.82, 2.24) is 20.4 Å². The van der Waals surface area contributed by atoms with Crippen LogP contribution in [0.1, 0.15) is 31.5 Å². The molecule has 0 saturated heterocycles. The topological polar surface area (TPSA) is 120 Å². The first-order valence-electron chi connectivity index (χ1n) is 9.83. The van der Waals surface area contributed by atoms with Crippen LogP contribution in [0.25, 0.3) is 22.7 Å². The zero-order valence-electron chi connectivity index (χ0n) is 17.1. The van der Waals surface area contributed by atoms with Gasteiger partial charge >= 0.3 is 0 Å². The van der Waals surface area contributed by atoms with Gasteiger partial charge in [-0.3, -0.25) is 20.4 Å². The highest BCUT2D eigenvalue weighted by Crippen LogP contribution is 2.31. The minimum Gasteiger partial charge on any atom is -0.459 e. The molecule has 4 rings (SSSR count). The minimum atomic E-state index is -0.416. The third kappa shape index (κ3) is 4.51. The van der Waals surface area contributed by atoms with Crippen LogP contribution in [0.15, 0.2) is 69.9 Å². The summed E-state index contributed by atoms with van der Waals surface area (Å²) in [7, 11) is 0. The summed E-state index contributed by atoms with van der Waals surface area (Å²) in [5, 5.41) is 18.7. The molecule has 0 bridgehead atoms. The van der Waals surface area contributed by atoms with E-state index in [1.807, 2.05) is 12.1 Å². The Bertz CT molecular complexity index is 1170. The van der Waals surface area contributed by atoms with E-state index < -0.39 is 4.92 Å². The van der Waals surface area contributed by atoms with Crippen LogP contribution in [-0.2, 0) is 6.54 Å². The molecule has 0 amide bonds. The molecule has 9 nitrogen and oxygen atoms in total. The molecular formula is C22H21N5O4. The lowest BCUT2D eigenvalue weighted by atomic mass is 10.0. The van der Waals surface area contributed by atoms with E-state index in [9.17, 15) is 10.1 Å². The van der Waals surface area contributed by atoms with Gasteiger partial charge in [0.1, 0.15) is 11.5 Å². The molecule has 9 heteroatoms. The second-order valence-corrected chi connectivity index (χ2v) is 7.33. The summed E-state index contributed by atoms with van der Waals surface area (Å²) in [6.45, 7) is 4.50. The van der Waals surface area contributed by atoms with Crippen molar-refractivity contribution in [3.05, 3.63) is 82.7 Å². The molecule has 0 aliphatic carbocycles. The molecule has 158 valence electrons. The van der Waals surface area contributed by atoms with Crippen LogP contribution in [0.5, 0.6) is 0 Å². The maximum Gasteiger partial charge on any atom is 0.280 e. The first-order valence-corrected chi connectivity index (χ1v) is 9.83. The number of aromatic nitrogens is 3. The minimum absolute atomic E-state index is 0.00548. The predicted molar refractivity (Wildman–Crippen MR) is 113 cm³/mol. The van der Waals surface area contributed by atoms with Gasteiger partial charge in [0.25, 0.3) is 5.69 Å². The number of nitrogens with one attached hydrogen (secondary N) is 1. The fourth-order valence-corrected chi connectivity index (χ4v) is 3.26. The lowest BCUT2D eigenvalue weighted by Gasteiger charge is -2.17. The molecule has 1 unspecified atom stereocenters. The Hall–Kier alpha value is -3.85. The lowest BCUT2D eigenvalue weighted by Crippen LogP contribution is -2.25. The zero-order chi connectivity index (χ0) is 21.8. The van der Waals surface area contributed by atoms with Crippen LogP contribution in [0.2, 0.25) is 0 Å². The maximum atomic E-state index is 11.3. The molecule has 0 fully saturated rings. The smallest absolute Gasteiger partial charge is 0.280 e. The van der Waals surface area contributed by atoms with Gasteiger partial charge in [-0.25, -0.2) is 0 Å². The van der Waals surface area contributed by atoms with Gasteiger partial charge < -0.3 is 8.94 Å². The summed E-state index contributed by atoms with van der Waals surface area (Å²) in [4.78, 5) is 19.4. The van der Waals surface area contributed by atoms with E-state index >= 15 is 0 Å². The van der Waals surface area contributed by atoms with Crippen molar-refractivity contribution in [3.8, 4) is 22.7 Å². The Morgan fingerprint density at radius 1 is 1.10 bits per heavy atom. The number of rotatable bonds is 8. The summed E-state index contributed by atoms with van der Waals surface area (Å²) in [5.74, 6) is 2.25. The highest BCUT2D eigenvalue weighted by Gasteiger charge is 2.23. The Morgan fingerprint density at radius 2 is 1.87 bits per heavy atom. The Morgan fingerprint density at radius 3 is 2.61 bits per heavy atom. The van der Waals surface area contributed by atoms with Gasteiger partial charge in [-0.1, -0.05) is 31.1 Å². The molecular weight excluding hydrogens is 398 g/mol. The predicted octanol–water partition coefficient (Wildman–Crippen LogP) is 4.79. The number of furan rings is 1. The van der Waals surface area contributed by atoms with Gasteiger partial charge in [0.15, 0.2) is 0 Å². The van der Waals surface area contributed by atoms with Crippen LogP contribution in [0, 0.1) is 16.0 Å². The van der Waals surface area contributed by atoms with Crippen LogP contribution < -0.4 is 5.32 Å². The molecule has 4 aromatic rings. The van der Waals surface area contributed by atoms with E-state index in [2.05, 4.69) is 34.3 Å². The van der Waals surface area contributed by atoms with Crippen LogP contribution >= 0.6 is 0 Å². The summed E-state index contributed by atoms with van der Waals surface area (Å²) in [5.41, 5.74) is 1.27. The van der Waals surface area contributed by atoms with E-state index in [0.717, 1.165) is 5.56 Å². The van der Waals surface area contributed by atoms with Crippen LogP contribution in [0.4, 0.5) is 5.69 Å². The standard InChI is InChI=1S/C22H21N5O4/c1-14(2)20(22-25-21(26-31-22)15-9-11-23-12-10-15)24-13-16-7-8-19(30-16)17-5-3-4-6-18(17)27(28)29/h3-12,14,20,24H,13H2,1-2H3. The first kappa shape index (κ1) is 20.4. The van der Waals surface area contributed by atoms with E-state index in [0.29, 0.717) is 35.3 Å². The Kier molecular flexibility index (Phi) is 5.85. The summed E-state index contributed by atoms with van der Waals surface area (Å²) < 4.78 is 11.4. The third-order valence-corrected chi connectivity index (χ3v) is 4.84. The molecule has 31 heavy (non-hydrogen) atoms. The molecule has 0 radical (unpaired) electrons. The quantitative estimate of drug-likeness (QED) is 0.320. The van der Waals surface area contributed by atoms with Gasteiger partial charge in [-0.05, 0) is 36.2 Å². The van der Waals surface area contributed by atoms with Gasteiger partial charge in [0, 0.05) is 24.0 Å². The maximum absolute atomic E-state index is 11.3. The Labute approximate surface area is 178 Å². The monoisotopic (exact) mass is 419 g/mol. The van der Waals surface area contributed by atoms with Crippen molar-refractivity contribution in [2.24, 2.45) is 5.92 Å². The fraction of sp³-hybridized carbons (Fsp3) is 0.227. The molecule has 3 aromatic heterocycles. The average Bonchev–Trinajstić information content (AvgIpc) is 3.44. The molecule has 1 atom stereocenters. The number of benzene rings is 1. The largest absolute Gasteiger partial charge is 0.459 e. The van der Waals surface area contributed by atoms with Crippen molar-refractivity contribution >= 4 is 5.69 Å². The van der Waals surface area contributed by atoms with Crippen molar-refractivity contribution in [1.29, 1.82) is 0 Å². The zero-order valence-corrected chi connectivity index (χ0v) is 17.1. The van der Waals surface area contributed by atoms with Crippen molar-refractivity contribution < 1.29 is 13.9 Å². The number of hydrogen-bond donors (Lipinski definition) is 1. The van der Waals surface area contributed by atoms with Gasteiger partial charge in [0.2, 0.25) is 11.7 Å². The summed E-state index contributed by atoms with van der Waals surface area (Å²) >= 11 is 0. The molecule has 0 aliphatic heterocycles. The molecule has 1 aromatic carbocycles.